The lowest BCUT2D eigenvalue weighted by molar-refractivity contribution is -0.137. The summed E-state index contributed by atoms with van der Waals surface area (Å²) in [6.45, 7) is 3.50. The molecule has 6 nitrogen and oxygen atoms in total. The summed E-state index contributed by atoms with van der Waals surface area (Å²) in [6.07, 6.45) is 3.47. The summed E-state index contributed by atoms with van der Waals surface area (Å²) in [7, 11) is 4.15. The second-order valence-electron chi connectivity index (χ2n) is 5.82. The largest absolute Gasteiger partial charge is 0.481 e. The predicted molar refractivity (Wildman–Crippen MR) is 77.8 cm³/mol. The van der Waals surface area contributed by atoms with Crippen LogP contribution in [0.1, 0.15) is 39.0 Å². The third kappa shape index (κ3) is 5.77. The van der Waals surface area contributed by atoms with Gasteiger partial charge in [0.15, 0.2) is 0 Å². The molecular weight excluding hydrogens is 258 g/mol. The van der Waals surface area contributed by atoms with Gasteiger partial charge in [-0.3, -0.25) is 4.79 Å². The lowest BCUT2D eigenvalue weighted by atomic mass is 10.0. The maximum absolute atomic E-state index is 12.1. The van der Waals surface area contributed by atoms with E-state index in [1.54, 1.807) is 0 Å². The third-order valence-electron chi connectivity index (χ3n) is 3.88. The first-order valence-electron chi connectivity index (χ1n) is 7.33. The molecular formula is C14H27N3O3. The highest BCUT2D eigenvalue weighted by atomic mass is 16.4. The van der Waals surface area contributed by atoms with Crippen LogP contribution in [0, 0.1) is 0 Å². The molecule has 0 radical (unpaired) electrons. The predicted octanol–water partition coefficient (Wildman–Crippen LogP) is 1.37. The Morgan fingerprint density at radius 3 is 2.45 bits per heavy atom. The van der Waals surface area contributed by atoms with Crippen molar-refractivity contribution < 1.29 is 14.7 Å². The summed E-state index contributed by atoms with van der Waals surface area (Å²) >= 11 is 0. The van der Waals surface area contributed by atoms with Crippen molar-refractivity contribution in [3.63, 3.8) is 0 Å². The molecule has 1 rings (SSSR count). The highest BCUT2D eigenvalue weighted by Crippen LogP contribution is 2.14. The first kappa shape index (κ1) is 16.8. The fraction of sp³-hybridized carbons (Fsp3) is 0.857. The summed E-state index contributed by atoms with van der Waals surface area (Å²) < 4.78 is 0. The van der Waals surface area contributed by atoms with Gasteiger partial charge < -0.3 is 20.2 Å². The molecule has 1 fully saturated rings. The number of carboxylic acids is 1. The van der Waals surface area contributed by atoms with E-state index >= 15 is 0 Å². The van der Waals surface area contributed by atoms with Crippen molar-refractivity contribution in [2.45, 2.75) is 51.1 Å². The van der Waals surface area contributed by atoms with Gasteiger partial charge in [-0.25, -0.2) is 4.79 Å². The maximum Gasteiger partial charge on any atom is 0.317 e. The van der Waals surface area contributed by atoms with Gasteiger partial charge in [0.1, 0.15) is 0 Å². The van der Waals surface area contributed by atoms with Crippen LogP contribution >= 0.6 is 0 Å². The zero-order valence-electron chi connectivity index (χ0n) is 12.8. The Kier molecular flexibility index (Phi) is 6.78. The third-order valence-corrected chi connectivity index (χ3v) is 3.88. The van der Waals surface area contributed by atoms with Gasteiger partial charge >= 0.3 is 12.0 Å². The molecule has 0 aliphatic carbocycles. The summed E-state index contributed by atoms with van der Waals surface area (Å²) in [4.78, 5) is 26.6. The highest BCUT2D eigenvalue weighted by Gasteiger charge is 2.24. The van der Waals surface area contributed by atoms with Crippen LogP contribution in [0.25, 0.3) is 0 Å². The lowest BCUT2D eigenvalue weighted by Crippen LogP contribution is -2.49. The number of hydrogen-bond donors (Lipinski definition) is 2. The van der Waals surface area contributed by atoms with Crippen LogP contribution in [0.5, 0.6) is 0 Å². The first-order chi connectivity index (χ1) is 9.40. The number of nitrogens with zero attached hydrogens (tertiary/aromatic N) is 2. The molecule has 1 aliphatic rings. The molecule has 1 aliphatic heterocycles. The van der Waals surface area contributed by atoms with Gasteiger partial charge in [0.25, 0.3) is 0 Å². The molecule has 0 aromatic carbocycles. The van der Waals surface area contributed by atoms with Gasteiger partial charge in [-0.05, 0) is 46.7 Å². The van der Waals surface area contributed by atoms with Crippen LogP contribution < -0.4 is 5.32 Å². The number of nitrogens with one attached hydrogen (secondary N) is 1. The van der Waals surface area contributed by atoms with Gasteiger partial charge in [-0.1, -0.05) is 0 Å². The van der Waals surface area contributed by atoms with E-state index in [1.165, 1.54) is 0 Å². The van der Waals surface area contributed by atoms with E-state index < -0.39 is 5.97 Å². The van der Waals surface area contributed by atoms with Crippen LogP contribution in [0.2, 0.25) is 0 Å². The zero-order valence-corrected chi connectivity index (χ0v) is 12.8. The van der Waals surface area contributed by atoms with E-state index in [0.29, 0.717) is 18.9 Å². The van der Waals surface area contributed by atoms with Crippen molar-refractivity contribution >= 4 is 12.0 Å². The summed E-state index contributed by atoms with van der Waals surface area (Å²) in [6, 6.07) is 0.561. The Labute approximate surface area is 121 Å². The smallest absolute Gasteiger partial charge is 0.317 e. The van der Waals surface area contributed by atoms with Crippen LogP contribution in [-0.4, -0.2) is 66.2 Å². The molecule has 0 aromatic heterocycles. The molecule has 1 saturated heterocycles. The Bertz CT molecular complexity index is 326. The van der Waals surface area contributed by atoms with Gasteiger partial charge in [-0.2, -0.15) is 0 Å². The molecule has 2 N–H and O–H groups in total. The Morgan fingerprint density at radius 2 is 1.95 bits per heavy atom. The number of likely N-dealkylation sites (tertiary alicyclic amines) is 1. The quantitative estimate of drug-likeness (QED) is 0.773. The van der Waals surface area contributed by atoms with Crippen molar-refractivity contribution in [3.05, 3.63) is 0 Å². The molecule has 20 heavy (non-hydrogen) atoms. The topological polar surface area (TPSA) is 72.9 Å². The van der Waals surface area contributed by atoms with Crippen molar-refractivity contribution in [1.29, 1.82) is 0 Å². The SMILES string of the molecule is CC(CCCC(=O)O)NC(=O)N1CCC(N(C)C)CC1. The Morgan fingerprint density at radius 1 is 1.35 bits per heavy atom. The molecule has 0 bridgehead atoms. The number of carbonyl (C=O) groups excluding carboxylic acids is 1. The van der Waals surface area contributed by atoms with E-state index in [2.05, 4.69) is 24.3 Å². The number of urea groups is 1. The zero-order chi connectivity index (χ0) is 15.1. The number of carboxylic acid groups (broad SMARTS) is 1. The second kappa shape index (κ2) is 8.09. The summed E-state index contributed by atoms with van der Waals surface area (Å²) in [5.74, 6) is -0.783. The molecule has 0 aromatic rings. The molecule has 2 amide bonds. The molecule has 0 saturated carbocycles. The standard InChI is InChI=1S/C14H27N3O3/c1-11(5-4-6-13(18)19)15-14(20)17-9-7-12(8-10-17)16(2)3/h11-12H,4-10H2,1-3H3,(H,15,20)(H,18,19). The summed E-state index contributed by atoms with van der Waals surface area (Å²) in [5, 5.41) is 11.5. The minimum absolute atomic E-state index is 0.0217. The molecule has 1 heterocycles. The van der Waals surface area contributed by atoms with Gasteiger partial charge in [0.2, 0.25) is 0 Å². The van der Waals surface area contributed by atoms with Gasteiger partial charge in [0.05, 0.1) is 0 Å². The normalized spacial score (nSPS) is 18.1. The average molecular weight is 285 g/mol. The van der Waals surface area contributed by atoms with Crippen molar-refractivity contribution in [1.82, 2.24) is 15.1 Å². The van der Waals surface area contributed by atoms with E-state index in [-0.39, 0.29) is 18.5 Å². The maximum atomic E-state index is 12.1. The van der Waals surface area contributed by atoms with Crippen LogP contribution in [0.15, 0.2) is 0 Å². The first-order valence-corrected chi connectivity index (χ1v) is 7.33. The highest BCUT2D eigenvalue weighted by molar-refractivity contribution is 5.74. The fourth-order valence-electron chi connectivity index (χ4n) is 2.52. The van der Waals surface area contributed by atoms with Gasteiger partial charge in [0, 0.05) is 31.6 Å². The molecule has 1 unspecified atom stereocenters. The van der Waals surface area contributed by atoms with Crippen LogP contribution in [-0.2, 0) is 4.79 Å². The fourth-order valence-corrected chi connectivity index (χ4v) is 2.52. The molecule has 116 valence electrons. The van der Waals surface area contributed by atoms with Crippen LogP contribution in [0.3, 0.4) is 0 Å². The average Bonchev–Trinajstić information content (AvgIpc) is 2.38. The van der Waals surface area contributed by atoms with Crippen molar-refractivity contribution in [3.8, 4) is 0 Å². The molecule has 1 atom stereocenters. The Hall–Kier alpha value is -1.30. The minimum atomic E-state index is -0.783. The number of piperidine rings is 1. The second-order valence-corrected chi connectivity index (χ2v) is 5.82. The number of rotatable bonds is 6. The molecule has 0 spiro atoms. The summed E-state index contributed by atoms with van der Waals surface area (Å²) in [5.41, 5.74) is 0. The van der Waals surface area contributed by atoms with E-state index in [0.717, 1.165) is 25.9 Å². The Balaban J connectivity index is 2.24. The number of amides is 2. The minimum Gasteiger partial charge on any atom is -0.481 e. The van der Waals surface area contributed by atoms with Crippen LogP contribution in [0.4, 0.5) is 4.79 Å². The van der Waals surface area contributed by atoms with Crippen molar-refractivity contribution in [2.75, 3.05) is 27.2 Å². The van der Waals surface area contributed by atoms with E-state index in [1.807, 2.05) is 11.8 Å². The lowest BCUT2D eigenvalue weighted by Gasteiger charge is -2.35. The number of hydrogen-bond acceptors (Lipinski definition) is 3. The van der Waals surface area contributed by atoms with Crippen molar-refractivity contribution in [2.24, 2.45) is 0 Å². The van der Waals surface area contributed by atoms with E-state index in [4.69, 9.17) is 5.11 Å². The van der Waals surface area contributed by atoms with Gasteiger partial charge in [-0.15, -0.1) is 0 Å². The number of carbonyl (C=O) groups is 2. The monoisotopic (exact) mass is 285 g/mol. The van der Waals surface area contributed by atoms with E-state index in [9.17, 15) is 9.59 Å². The molecule has 6 heteroatoms. The number of aliphatic carboxylic acids is 1.